The summed E-state index contributed by atoms with van der Waals surface area (Å²) in [6.45, 7) is 0. The zero-order valence-corrected chi connectivity index (χ0v) is 11.8. The lowest BCUT2D eigenvalue weighted by atomic mass is 9.76. The summed E-state index contributed by atoms with van der Waals surface area (Å²) in [5, 5.41) is 9.22. The summed E-state index contributed by atoms with van der Waals surface area (Å²) in [4.78, 5) is 14.2. The summed E-state index contributed by atoms with van der Waals surface area (Å²) in [7, 11) is 1.62. The lowest BCUT2D eigenvalue weighted by Gasteiger charge is -2.42. The van der Waals surface area contributed by atoms with Crippen molar-refractivity contribution in [3.63, 3.8) is 0 Å². The highest BCUT2D eigenvalue weighted by Crippen LogP contribution is 2.37. The van der Waals surface area contributed by atoms with Crippen LogP contribution in [0.1, 0.15) is 29.6 Å². The molecular formula is C14H14F2N2OS. The monoisotopic (exact) mass is 296 g/mol. The highest BCUT2D eigenvalue weighted by molar-refractivity contribution is 7.99. The second kappa shape index (κ2) is 5.80. The molecule has 1 saturated carbocycles. The van der Waals surface area contributed by atoms with E-state index >= 15 is 0 Å². The summed E-state index contributed by atoms with van der Waals surface area (Å²) in [6.07, 6.45) is 2.31. The minimum atomic E-state index is -2.48. The molecule has 0 unspecified atom stereocenters. The van der Waals surface area contributed by atoms with Gasteiger partial charge in [-0.25, -0.2) is 0 Å². The number of rotatable bonds is 4. The number of nitrogens with zero attached hydrogens (tertiary/aromatic N) is 2. The highest BCUT2D eigenvalue weighted by Gasteiger charge is 2.43. The molecule has 0 aromatic heterocycles. The van der Waals surface area contributed by atoms with Crippen LogP contribution < -0.4 is 0 Å². The largest absolute Gasteiger partial charge is 0.323 e. The summed E-state index contributed by atoms with van der Waals surface area (Å²) in [5.74, 6) is -2.73. The fraction of sp³-hybridized carbons (Fsp3) is 0.429. The Bertz CT molecular complexity index is 535. The fourth-order valence-electron chi connectivity index (χ4n) is 2.20. The van der Waals surface area contributed by atoms with Crippen molar-refractivity contribution in [1.82, 2.24) is 4.90 Å². The first kappa shape index (κ1) is 14.8. The number of carbonyl (C=O) groups excluding carboxylic acids is 1. The van der Waals surface area contributed by atoms with Gasteiger partial charge in [0.2, 0.25) is 0 Å². The van der Waals surface area contributed by atoms with E-state index in [0.29, 0.717) is 35.1 Å². The third kappa shape index (κ3) is 2.78. The Balaban J connectivity index is 2.11. The smallest absolute Gasteiger partial charge is 0.288 e. The Morgan fingerprint density at radius 1 is 1.40 bits per heavy atom. The first-order valence-electron chi connectivity index (χ1n) is 6.23. The van der Waals surface area contributed by atoms with E-state index in [1.807, 2.05) is 0 Å². The Hall–Kier alpha value is -1.61. The summed E-state index contributed by atoms with van der Waals surface area (Å²) in [6, 6.07) is 8.24. The maximum atomic E-state index is 12.3. The molecule has 0 spiro atoms. The lowest BCUT2D eigenvalue weighted by molar-refractivity contribution is 0.0497. The van der Waals surface area contributed by atoms with Gasteiger partial charge in [0.25, 0.3) is 11.7 Å². The van der Waals surface area contributed by atoms with Crippen LogP contribution in [-0.4, -0.2) is 29.2 Å². The van der Waals surface area contributed by atoms with Crippen LogP contribution in [0.25, 0.3) is 0 Å². The number of thioether (sulfide) groups is 1. The Morgan fingerprint density at radius 3 is 2.40 bits per heavy atom. The Morgan fingerprint density at radius 2 is 2.00 bits per heavy atom. The van der Waals surface area contributed by atoms with Crippen LogP contribution in [0.15, 0.2) is 29.2 Å². The topological polar surface area (TPSA) is 44.1 Å². The minimum absolute atomic E-state index is 0.250. The van der Waals surface area contributed by atoms with Gasteiger partial charge in [-0.2, -0.15) is 14.0 Å². The van der Waals surface area contributed by atoms with Gasteiger partial charge in [0, 0.05) is 17.5 Å². The van der Waals surface area contributed by atoms with Gasteiger partial charge in [0.1, 0.15) is 5.54 Å². The molecule has 0 saturated heterocycles. The molecule has 1 aliphatic rings. The van der Waals surface area contributed by atoms with Crippen molar-refractivity contribution in [3.8, 4) is 6.07 Å². The van der Waals surface area contributed by atoms with Crippen molar-refractivity contribution in [2.45, 2.75) is 35.5 Å². The van der Waals surface area contributed by atoms with E-state index in [1.165, 1.54) is 29.2 Å². The van der Waals surface area contributed by atoms with Crippen LogP contribution >= 0.6 is 11.8 Å². The van der Waals surface area contributed by atoms with Crippen LogP contribution in [0.4, 0.5) is 8.78 Å². The summed E-state index contributed by atoms with van der Waals surface area (Å²) >= 11 is 0.442. The number of benzene rings is 1. The highest BCUT2D eigenvalue weighted by atomic mass is 32.2. The van der Waals surface area contributed by atoms with Gasteiger partial charge in [-0.15, -0.1) is 0 Å². The molecule has 0 N–H and O–H groups in total. The SMILES string of the molecule is CN(C(=O)c1ccc(SC(F)F)cc1)C1(C#N)CCC1. The first-order chi connectivity index (χ1) is 9.48. The number of hydrogen-bond acceptors (Lipinski definition) is 3. The van der Waals surface area contributed by atoms with Gasteiger partial charge in [-0.1, -0.05) is 11.8 Å². The number of alkyl halides is 2. The van der Waals surface area contributed by atoms with Crippen LogP contribution in [0.2, 0.25) is 0 Å². The van der Waals surface area contributed by atoms with E-state index in [2.05, 4.69) is 6.07 Å². The van der Waals surface area contributed by atoms with E-state index in [4.69, 9.17) is 0 Å². The molecule has 0 heterocycles. The van der Waals surface area contributed by atoms with Crippen molar-refractivity contribution >= 4 is 17.7 Å². The van der Waals surface area contributed by atoms with Gasteiger partial charge in [-0.3, -0.25) is 4.79 Å². The van der Waals surface area contributed by atoms with Gasteiger partial charge in [-0.05, 0) is 43.5 Å². The van der Waals surface area contributed by atoms with Crippen molar-refractivity contribution < 1.29 is 13.6 Å². The second-order valence-electron chi connectivity index (χ2n) is 4.76. The molecule has 2 rings (SSSR count). The molecular weight excluding hydrogens is 282 g/mol. The molecule has 6 heteroatoms. The Labute approximate surface area is 120 Å². The molecule has 1 aromatic carbocycles. The maximum Gasteiger partial charge on any atom is 0.288 e. The van der Waals surface area contributed by atoms with E-state index in [0.717, 1.165) is 6.42 Å². The van der Waals surface area contributed by atoms with Crippen LogP contribution in [0, 0.1) is 11.3 Å². The number of carbonyl (C=O) groups is 1. The van der Waals surface area contributed by atoms with Crippen molar-refractivity contribution in [2.75, 3.05) is 7.05 Å². The van der Waals surface area contributed by atoms with Crippen LogP contribution in [0.3, 0.4) is 0 Å². The summed E-state index contributed by atoms with van der Waals surface area (Å²) < 4.78 is 24.4. The molecule has 1 amide bonds. The first-order valence-corrected chi connectivity index (χ1v) is 7.11. The van der Waals surface area contributed by atoms with E-state index in [-0.39, 0.29) is 5.91 Å². The van der Waals surface area contributed by atoms with Gasteiger partial charge < -0.3 is 4.90 Å². The number of hydrogen-bond donors (Lipinski definition) is 0. The molecule has 20 heavy (non-hydrogen) atoms. The molecule has 1 fully saturated rings. The molecule has 0 bridgehead atoms. The van der Waals surface area contributed by atoms with E-state index in [9.17, 15) is 18.8 Å². The zero-order valence-electron chi connectivity index (χ0n) is 11.0. The molecule has 1 aromatic rings. The van der Waals surface area contributed by atoms with Crippen molar-refractivity contribution in [2.24, 2.45) is 0 Å². The van der Waals surface area contributed by atoms with Gasteiger partial charge >= 0.3 is 0 Å². The third-order valence-corrected chi connectivity index (χ3v) is 4.38. The number of halogens is 2. The molecule has 0 radical (unpaired) electrons. The Kier molecular flexibility index (Phi) is 4.29. The molecule has 106 valence electrons. The average Bonchev–Trinajstić information content (AvgIpc) is 2.37. The fourth-order valence-corrected chi connectivity index (χ4v) is 2.70. The number of amides is 1. The van der Waals surface area contributed by atoms with Crippen LogP contribution in [0.5, 0.6) is 0 Å². The molecule has 3 nitrogen and oxygen atoms in total. The summed E-state index contributed by atoms with van der Waals surface area (Å²) in [5.41, 5.74) is -0.291. The predicted octanol–water partition coefficient (Wildman–Crippen LogP) is 3.52. The van der Waals surface area contributed by atoms with Gasteiger partial charge in [0.05, 0.1) is 6.07 Å². The quantitative estimate of drug-likeness (QED) is 0.798. The van der Waals surface area contributed by atoms with Crippen LogP contribution in [-0.2, 0) is 0 Å². The van der Waals surface area contributed by atoms with Crippen molar-refractivity contribution in [1.29, 1.82) is 5.26 Å². The molecule has 0 atom stereocenters. The standard InChI is InChI=1S/C14H14F2N2OS/c1-18(14(9-17)7-2-8-14)12(19)10-3-5-11(6-4-10)20-13(15)16/h3-6,13H,2,7-8H2,1H3. The molecule has 1 aliphatic carbocycles. The minimum Gasteiger partial charge on any atom is -0.323 e. The van der Waals surface area contributed by atoms with E-state index < -0.39 is 11.3 Å². The average molecular weight is 296 g/mol. The molecule has 0 aliphatic heterocycles. The number of nitriles is 1. The third-order valence-electron chi connectivity index (χ3n) is 3.66. The normalized spacial score (nSPS) is 16.4. The lowest BCUT2D eigenvalue weighted by Crippen LogP contribution is -2.53. The predicted molar refractivity (Wildman–Crippen MR) is 72.6 cm³/mol. The second-order valence-corrected chi connectivity index (χ2v) is 5.83. The van der Waals surface area contributed by atoms with Gasteiger partial charge in [0.15, 0.2) is 0 Å². The van der Waals surface area contributed by atoms with E-state index in [1.54, 1.807) is 7.05 Å². The maximum absolute atomic E-state index is 12.3. The van der Waals surface area contributed by atoms with Crippen molar-refractivity contribution in [3.05, 3.63) is 29.8 Å². The zero-order chi connectivity index (χ0) is 14.8.